The van der Waals surface area contributed by atoms with Crippen LogP contribution in [0.1, 0.15) is 56.6 Å². The first-order valence-electron chi connectivity index (χ1n) is 14.3. The Labute approximate surface area is 252 Å². The molecule has 0 spiro atoms. The molecule has 2 amide bonds. The zero-order chi connectivity index (χ0) is 30.3. The molecule has 0 heterocycles. The quantitative estimate of drug-likeness (QED) is 0.277. The second-order valence-electron chi connectivity index (χ2n) is 10.7. The number of nitrogens with one attached hydrogen (secondary N) is 1. The van der Waals surface area contributed by atoms with Crippen molar-refractivity contribution in [2.24, 2.45) is 0 Å². The lowest BCUT2D eigenvalue weighted by Gasteiger charge is -2.34. The van der Waals surface area contributed by atoms with Gasteiger partial charge in [-0.1, -0.05) is 67.6 Å². The maximum Gasteiger partial charge on any atom is 0.264 e. The summed E-state index contributed by atoms with van der Waals surface area (Å²) in [6.07, 6.45) is 5.33. The van der Waals surface area contributed by atoms with Crippen LogP contribution >= 0.6 is 11.6 Å². The number of anilines is 1. The lowest BCUT2D eigenvalue weighted by molar-refractivity contribution is -0.140. The molecular weight excluding hydrogens is 577 g/mol. The molecule has 1 atom stereocenters. The van der Waals surface area contributed by atoms with Gasteiger partial charge in [0, 0.05) is 17.6 Å². The highest BCUT2D eigenvalue weighted by atomic mass is 35.5. The first-order chi connectivity index (χ1) is 20.1. The minimum atomic E-state index is -4.22. The third-order valence-electron chi connectivity index (χ3n) is 7.61. The number of hydrogen-bond acceptors (Lipinski definition) is 4. The van der Waals surface area contributed by atoms with Crippen LogP contribution in [-0.4, -0.2) is 43.8 Å². The van der Waals surface area contributed by atoms with Gasteiger partial charge < -0.3 is 10.2 Å². The number of carbonyl (C=O) groups excluding carboxylic acids is 2. The van der Waals surface area contributed by atoms with Crippen LogP contribution in [0.2, 0.25) is 5.02 Å². The maximum absolute atomic E-state index is 14.1. The van der Waals surface area contributed by atoms with Crippen molar-refractivity contribution in [2.75, 3.05) is 10.8 Å². The van der Waals surface area contributed by atoms with E-state index in [1.54, 1.807) is 36.4 Å². The third kappa shape index (κ3) is 7.89. The van der Waals surface area contributed by atoms with Gasteiger partial charge in [0.1, 0.15) is 18.4 Å². The summed E-state index contributed by atoms with van der Waals surface area (Å²) < 4.78 is 42.6. The molecule has 0 aromatic heterocycles. The number of hydrogen-bond donors (Lipinski definition) is 1. The number of aryl methyl sites for hydroxylation is 1. The minimum Gasteiger partial charge on any atom is -0.352 e. The molecule has 3 aromatic rings. The van der Waals surface area contributed by atoms with Gasteiger partial charge in [0.2, 0.25) is 11.8 Å². The lowest BCUT2D eigenvalue weighted by Crippen LogP contribution is -2.54. The van der Waals surface area contributed by atoms with Gasteiger partial charge >= 0.3 is 0 Å². The maximum atomic E-state index is 14.1. The number of halogens is 2. The van der Waals surface area contributed by atoms with Crippen LogP contribution in [0, 0.1) is 12.7 Å². The van der Waals surface area contributed by atoms with E-state index in [9.17, 15) is 22.4 Å². The molecule has 0 saturated heterocycles. The van der Waals surface area contributed by atoms with E-state index in [1.165, 1.54) is 29.2 Å². The molecular formula is C32H37ClFN3O4S. The van der Waals surface area contributed by atoms with Gasteiger partial charge in [-0.25, -0.2) is 12.8 Å². The molecule has 0 bridgehead atoms. The highest BCUT2D eigenvalue weighted by Gasteiger charge is 2.34. The van der Waals surface area contributed by atoms with E-state index >= 15 is 0 Å². The minimum absolute atomic E-state index is 0.00319. The summed E-state index contributed by atoms with van der Waals surface area (Å²) >= 11 is 6.08. The molecule has 1 fully saturated rings. The molecule has 1 N–H and O–H groups in total. The SMILES string of the molecule is CC[C@@H](C(=O)NC1CCCCC1)N(Cc1ccc(Cl)cc1)C(=O)CN(c1ccc(F)cc1)S(=O)(=O)c1ccc(C)cc1. The number of amides is 2. The second-order valence-corrected chi connectivity index (χ2v) is 13.0. The predicted octanol–water partition coefficient (Wildman–Crippen LogP) is 6.24. The molecule has 3 aromatic carbocycles. The van der Waals surface area contributed by atoms with Crippen LogP contribution in [0.3, 0.4) is 0 Å². The topological polar surface area (TPSA) is 86.8 Å². The average Bonchev–Trinajstić information content (AvgIpc) is 2.98. The molecule has 0 unspecified atom stereocenters. The zero-order valence-corrected chi connectivity index (χ0v) is 25.5. The Morgan fingerprint density at radius 2 is 1.57 bits per heavy atom. The highest BCUT2D eigenvalue weighted by molar-refractivity contribution is 7.92. The van der Waals surface area contributed by atoms with E-state index in [-0.39, 0.29) is 29.1 Å². The summed E-state index contributed by atoms with van der Waals surface area (Å²) in [6.45, 7) is 3.17. The van der Waals surface area contributed by atoms with Crippen molar-refractivity contribution in [3.63, 3.8) is 0 Å². The van der Waals surface area contributed by atoms with E-state index in [0.717, 1.165) is 59.7 Å². The molecule has 4 rings (SSSR count). The monoisotopic (exact) mass is 613 g/mol. The normalized spacial score (nSPS) is 14.7. The van der Waals surface area contributed by atoms with Crippen molar-refractivity contribution < 1.29 is 22.4 Å². The Hall–Kier alpha value is -3.43. The van der Waals surface area contributed by atoms with Crippen molar-refractivity contribution in [1.29, 1.82) is 0 Å². The van der Waals surface area contributed by atoms with Crippen LogP contribution in [0.25, 0.3) is 0 Å². The molecule has 224 valence electrons. The number of carbonyl (C=O) groups is 2. The fraction of sp³-hybridized carbons (Fsp3) is 0.375. The smallest absolute Gasteiger partial charge is 0.264 e. The Kier molecular flexibility index (Phi) is 10.6. The number of sulfonamides is 1. The first kappa shape index (κ1) is 31.5. The molecule has 42 heavy (non-hydrogen) atoms. The summed E-state index contributed by atoms with van der Waals surface area (Å²) in [4.78, 5) is 29.1. The molecule has 1 aliphatic carbocycles. The van der Waals surface area contributed by atoms with E-state index < -0.39 is 34.3 Å². The Morgan fingerprint density at radius 3 is 2.17 bits per heavy atom. The summed E-state index contributed by atoms with van der Waals surface area (Å²) in [6, 6.07) is 17.4. The van der Waals surface area contributed by atoms with Crippen LogP contribution in [0.15, 0.2) is 77.7 Å². The van der Waals surface area contributed by atoms with Crippen molar-refractivity contribution in [2.45, 2.75) is 75.9 Å². The van der Waals surface area contributed by atoms with Gasteiger partial charge in [-0.05, 0) is 80.3 Å². The van der Waals surface area contributed by atoms with Crippen LogP contribution in [0.5, 0.6) is 0 Å². The molecule has 10 heteroatoms. The van der Waals surface area contributed by atoms with E-state index in [1.807, 2.05) is 13.8 Å². The fourth-order valence-electron chi connectivity index (χ4n) is 5.22. The standard InChI is InChI=1S/C32H37ClFN3O4S/c1-3-30(32(39)35-27-7-5-4-6-8-27)36(21-24-11-13-25(33)14-12-24)31(38)22-37(28-17-15-26(34)16-18-28)42(40,41)29-19-9-23(2)10-20-29/h9-20,27,30H,3-8,21-22H2,1-2H3,(H,35,39)/t30-/m0/s1. The number of rotatable bonds is 11. The summed E-state index contributed by atoms with van der Waals surface area (Å²) in [7, 11) is -4.22. The van der Waals surface area contributed by atoms with Crippen LogP contribution in [-0.2, 0) is 26.2 Å². The fourth-order valence-corrected chi connectivity index (χ4v) is 6.76. The van der Waals surface area contributed by atoms with Gasteiger partial charge in [0.15, 0.2) is 0 Å². The predicted molar refractivity (Wildman–Crippen MR) is 163 cm³/mol. The van der Waals surface area contributed by atoms with Crippen LogP contribution < -0.4 is 9.62 Å². The van der Waals surface area contributed by atoms with Crippen molar-refractivity contribution in [3.05, 3.63) is 94.8 Å². The largest absolute Gasteiger partial charge is 0.352 e. The van der Waals surface area contributed by atoms with E-state index in [4.69, 9.17) is 11.6 Å². The van der Waals surface area contributed by atoms with Crippen molar-refractivity contribution in [3.8, 4) is 0 Å². The molecule has 1 saturated carbocycles. The summed E-state index contributed by atoms with van der Waals surface area (Å²) in [5.74, 6) is -1.36. The Morgan fingerprint density at radius 1 is 0.952 bits per heavy atom. The zero-order valence-electron chi connectivity index (χ0n) is 23.9. The highest BCUT2D eigenvalue weighted by Crippen LogP contribution is 2.26. The number of nitrogens with zero attached hydrogens (tertiary/aromatic N) is 2. The van der Waals surface area contributed by atoms with Gasteiger partial charge in [-0.2, -0.15) is 0 Å². The summed E-state index contributed by atoms with van der Waals surface area (Å²) in [5.41, 5.74) is 1.75. The van der Waals surface area contributed by atoms with Crippen molar-refractivity contribution >= 4 is 39.1 Å². The molecule has 1 aliphatic rings. The van der Waals surface area contributed by atoms with E-state index in [0.29, 0.717) is 11.4 Å². The molecule has 0 radical (unpaired) electrons. The Balaban J connectivity index is 1.69. The van der Waals surface area contributed by atoms with E-state index in [2.05, 4.69) is 5.32 Å². The van der Waals surface area contributed by atoms with Gasteiger partial charge in [-0.15, -0.1) is 0 Å². The average molecular weight is 614 g/mol. The van der Waals surface area contributed by atoms with Gasteiger partial charge in [-0.3, -0.25) is 13.9 Å². The Bertz CT molecular complexity index is 1460. The molecule has 7 nitrogen and oxygen atoms in total. The van der Waals surface area contributed by atoms with Gasteiger partial charge in [0.25, 0.3) is 10.0 Å². The first-order valence-corrected chi connectivity index (χ1v) is 16.1. The molecule has 0 aliphatic heterocycles. The van der Waals surface area contributed by atoms with Crippen LogP contribution in [0.4, 0.5) is 10.1 Å². The van der Waals surface area contributed by atoms with Crippen molar-refractivity contribution in [1.82, 2.24) is 10.2 Å². The van der Waals surface area contributed by atoms with Gasteiger partial charge in [0.05, 0.1) is 10.6 Å². The number of benzene rings is 3. The lowest BCUT2D eigenvalue weighted by atomic mass is 9.95. The third-order valence-corrected chi connectivity index (χ3v) is 9.65. The second kappa shape index (κ2) is 14.2. The summed E-state index contributed by atoms with van der Waals surface area (Å²) in [5, 5.41) is 3.66.